The van der Waals surface area contributed by atoms with E-state index >= 15 is 0 Å². The Bertz CT molecular complexity index is 1450. The summed E-state index contributed by atoms with van der Waals surface area (Å²) in [5.41, 5.74) is 8.73. The number of aryl methyl sites for hydroxylation is 2. The highest BCUT2D eigenvalue weighted by atomic mass is 15.1. The Morgan fingerprint density at radius 1 is 0.610 bits per heavy atom. The topological polar surface area (TPSA) is 65.0 Å². The molecular formula is C35H40N6. The van der Waals surface area contributed by atoms with Crippen molar-refractivity contribution in [1.82, 2.24) is 0 Å². The zero-order valence-electron chi connectivity index (χ0n) is 24.7. The van der Waals surface area contributed by atoms with Gasteiger partial charge in [0.15, 0.2) is 0 Å². The summed E-state index contributed by atoms with van der Waals surface area (Å²) in [6.07, 6.45) is 6.78. The van der Waals surface area contributed by atoms with Crippen molar-refractivity contribution >= 4 is 40.3 Å². The molecule has 4 aromatic rings. The van der Waals surface area contributed by atoms with Crippen molar-refractivity contribution in [1.29, 1.82) is 0 Å². The van der Waals surface area contributed by atoms with Crippen LogP contribution < -0.4 is 4.90 Å². The van der Waals surface area contributed by atoms with Gasteiger partial charge in [-0.3, -0.25) is 4.99 Å². The molecule has 0 aliphatic heterocycles. The summed E-state index contributed by atoms with van der Waals surface area (Å²) in [5.74, 6) is 0. The van der Waals surface area contributed by atoms with Crippen LogP contribution in [0.3, 0.4) is 0 Å². The van der Waals surface area contributed by atoms with E-state index < -0.39 is 0 Å². The van der Waals surface area contributed by atoms with Crippen LogP contribution in [0.25, 0.3) is 0 Å². The Labute approximate surface area is 244 Å². The maximum Gasteiger partial charge on any atom is 0.0887 e. The predicted octanol–water partition coefficient (Wildman–Crippen LogP) is 11.2. The van der Waals surface area contributed by atoms with E-state index in [9.17, 15) is 0 Å². The average molecular weight is 545 g/mol. The molecule has 0 aliphatic rings. The molecular weight excluding hydrogens is 504 g/mol. The van der Waals surface area contributed by atoms with Gasteiger partial charge in [-0.1, -0.05) is 44.0 Å². The molecule has 210 valence electrons. The summed E-state index contributed by atoms with van der Waals surface area (Å²) in [6, 6.07) is 30.4. The van der Waals surface area contributed by atoms with Gasteiger partial charge in [0.05, 0.1) is 28.4 Å². The molecule has 0 aromatic heterocycles. The molecule has 0 saturated carbocycles. The van der Waals surface area contributed by atoms with Gasteiger partial charge in [-0.2, -0.15) is 20.5 Å². The van der Waals surface area contributed by atoms with Gasteiger partial charge in [0.2, 0.25) is 0 Å². The quantitative estimate of drug-likeness (QED) is 0.0937. The summed E-state index contributed by atoms with van der Waals surface area (Å²) in [4.78, 5) is 6.91. The average Bonchev–Trinajstić information content (AvgIpc) is 3.01. The molecule has 6 heteroatoms. The summed E-state index contributed by atoms with van der Waals surface area (Å²) in [5, 5.41) is 17.7. The van der Waals surface area contributed by atoms with E-state index in [1.807, 2.05) is 67.7 Å². The lowest BCUT2D eigenvalue weighted by atomic mass is 10.1. The van der Waals surface area contributed by atoms with E-state index in [0.717, 1.165) is 59.1 Å². The number of nitrogens with zero attached hydrogens (tertiary/aromatic N) is 6. The first-order valence-corrected chi connectivity index (χ1v) is 14.6. The molecule has 41 heavy (non-hydrogen) atoms. The van der Waals surface area contributed by atoms with E-state index in [0.29, 0.717) is 0 Å². The van der Waals surface area contributed by atoms with Crippen LogP contribution in [0.5, 0.6) is 0 Å². The highest BCUT2D eigenvalue weighted by molar-refractivity contribution is 5.82. The number of hydrogen-bond donors (Lipinski definition) is 0. The maximum absolute atomic E-state index is 4.61. The number of rotatable bonds is 13. The van der Waals surface area contributed by atoms with E-state index in [2.05, 4.69) is 87.5 Å². The van der Waals surface area contributed by atoms with Gasteiger partial charge in [-0.05, 0) is 117 Å². The van der Waals surface area contributed by atoms with Crippen LogP contribution in [0, 0.1) is 6.92 Å². The first kappa shape index (κ1) is 29.5. The molecule has 0 aliphatic carbocycles. The fourth-order valence-corrected chi connectivity index (χ4v) is 4.46. The molecule has 0 amide bonds. The zero-order valence-corrected chi connectivity index (χ0v) is 24.7. The summed E-state index contributed by atoms with van der Waals surface area (Å²) in [6.45, 7) is 10.5. The van der Waals surface area contributed by atoms with E-state index in [1.165, 1.54) is 30.5 Å². The number of aliphatic imine (C=N–C) groups is 1. The molecule has 4 rings (SSSR count). The fraction of sp³-hybridized carbons (Fsp3) is 0.286. The molecule has 0 heterocycles. The lowest BCUT2D eigenvalue weighted by molar-refractivity contribution is 0.717. The number of azo groups is 2. The van der Waals surface area contributed by atoms with E-state index in [4.69, 9.17) is 0 Å². The van der Waals surface area contributed by atoms with Crippen molar-refractivity contribution in [3.63, 3.8) is 0 Å². The van der Waals surface area contributed by atoms with E-state index in [-0.39, 0.29) is 0 Å². The molecule has 0 fully saturated rings. The van der Waals surface area contributed by atoms with Gasteiger partial charge in [-0.25, -0.2) is 0 Å². The SMILES string of the molecule is CCCCCc1ccc(N=Cc2ccc(N=Nc3ccc(N=Nc4ccc(N(CC)CC)cc4)cc3C)cc2)cc1. The molecule has 0 bridgehead atoms. The Hall–Kier alpha value is -4.45. The molecule has 0 spiro atoms. The fourth-order valence-electron chi connectivity index (χ4n) is 4.46. The second-order valence-corrected chi connectivity index (χ2v) is 10.0. The number of benzene rings is 4. The largest absolute Gasteiger partial charge is 0.372 e. The van der Waals surface area contributed by atoms with Crippen molar-refractivity contribution in [2.45, 2.75) is 53.4 Å². The highest BCUT2D eigenvalue weighted by Crippen LogP contribution is 2.28. The minimum absolute atomic E-state index is 0.782. The van der Waals surface area contributed by atoms with E-state index in [1.54, 1.807) is 0 Å². The van der Waals surface area contributed by atoms with Crippen LogP contribution in [-0.4, -0.2) is 19.3 Å². The molecule has 0 atom stereocenters. The zero-order chi connectivity index (χ0) is 28.9. The van der Waals surface area contributed by atoms with Gasteiger partial charge >= 0.3 is 0 Å². The Balaban J connectivity index is 1.32. The van der Waals surface area contributed by atoms with Crippen molar-refractivity contribution in [3.05, 3.63) is 108 Å². The van der Waals surface area contributed by atoms with Crippen molar-refractivity contribution in [3.8, 4) is 0 Å². The van der Waals surface area contributed by atoms with Crippen molar-refractivity contribution in [2.75, 3.05) is 18.0 Å². The van der Waals surface area contributed by atoms with Crippen molar-refractivity contribution in [2.24, 2.45) is 25.4 Å². The van der Waals surface area contributed by atoms with Crippen LogP contribution in [0.15, 0.2) is 116 Å². The molecule has 6 nitrogen and oxygen atoms in total. The van der Waals surface area contributed by atoms with Gasteiger partial charge in [0.1, 0.15) is 0 Å². The lowest BCUT2D eigenvalue weighted by Gasteiger charge is -2.20. The molecule has 0 unspecified atom stereocenters. The highest BCUT2D eigenvalue weighted by Gasteiger charge is 2.02. The lowest BCUT2D eigenvalue weighted by Crippen LogP contribution is -2.21. The van der Waals surface area contributed by atoms with Gasteiger partial charge in [0, 0.05) is 25.0 Å². The van der Waals surface area contributed by atoms with Crippen LogP contribution >= 0.6 is 0 Å². The first-order chi connectivity index (χ1) is 20.1. The van der Waals surface area contributed by atoms with Crippen LogP contribution in [0.2, 0.25) is 0 Å². The van der Waals surface area contributed by atoms with Crippen LogP contribution in [0.4, 0.5) is 34.1 Å². The molecule has 4 aromatic carbocycles. The standard InChI is InChI=1S/C35H40N6/c1-5-8-9-10-28-11-15-30(16-12-28)36-26-29-13-17-31(18-14-29)38-40-35-24-21-33(25-27(35)4)39-37-32-19-22-34(23-20-32)41(6-2)7-3/h11-26H,5-10H2,1-4H3. The normalized spacial score (nSPS) is 11.7. The molecule has 0 saturated heterocycles. The summed E-state index contributed by atoms with van der Waals surface area (Å²) < 4.78 is 0. The van der Waals surface area contributed by atoms with Gasteiger partial charge in [0.25, 0.3) is 0 Å². The Morgan fingerprint density at radius 2 is 1.20 bits per heavy atom. The van der Waals surface area contributed by atoms with Gasteiger partial charge < -0.3 is 4.90 Å². The Kier molecular flexibility index (Phi) is 11.1. The van der Waals surface area contributed by atoms with Gasteiger partial charge in [-0.15, -0.1) is 0 Å². The Morgan fingerprint density at radius 3 is 1.83 bits per heavy atom. The maximum atomic E-state index is 4.61. The number of hydrogen-bond acceptors (Lipinski definition) is 6. The number of unbranched alkanes of at least 4 members (excludes halogenated alkanes) is 2. The third-order valence-electron chi connectivity index (χ3n) is 6.97. The minimum Gasteiger partial charge on any atom is -0.372 e. The van der Waals surface area contributed by atoms with Crippen LogP contribution in [0.1, 0.15) is 56.7 Å². The third-order valence-corrected chi connectivity index (χ3v) is 6.97. The van der Waals surface area contributed by atoms with Crippen LogP contribution in [-0.2, 0) is 6.42 Å². The smallest absolute Gasteiger partial charge is 0.0887 e. The molecule has 0 radical (unpaired) electrons. The van der Waals surface area contributed by atoms with Crippen molar-refractivity contribution < 1.29 is 0 Å². The molecule has 0 N–H and O–H groups in total. The third kappa shape index (κ3) is 9.04. The monoisotopic (exact) mass is 544 g/mol. The first-order valence-electron chi connectivity index (χ1n) is 14.6. The summed E-state index contributed by atoms with van der Waals surface area (Å²) >= 11 is 0. The predicted molar refractivity (Wildman–Crippen MR) is 173 cm³/mol. The number of anilines is 1. The summed E-state index contributed by atoms with van der Waals surface area (Å²) in [7, 11) is 0. The minimum atomic E-state index is 0.782. The second kappa shape index (κ2) is 15.4. The second-order valence-electron chi connectivity index (χ2n) is 10.0.